The van der Waals surface area contributed by atoms with Crippen molar-refractivity contribution in [2.75, 3.05) is 13.6 Å². The highest BCUT2D eigenvalue weighted by molar-refractivity contribution is 5.75. The molecule has 0 aromatic rings. The quantitative estimate of drug-likeness (QED) is 0.378. The number of nitrogens with two attached hydrogens (primary N) is 1. The van der Waals surface area contributed by atoms with E-state index >= 15 is 0 Å². The Morgan fingerprint density at radius 3 is 2.43 bits per heavy atom. The predicted octanol–water partition coefficient (Wildman–Crippen LogP) is 0.733. The molecule has 0 aromatic carbocycles. The molecule has 0 fully saturated rings. The van der Waals surface area contributed by atoms with Crippen molar-refractivity contribution in [3.8, 4) is 0 Å². The second-order valence-corrected chi connectivity index (χ2v) is 4.28. The molecule has 3 N–H and O–H groups in total. The predicted molar refractivity (Wildman–Crippen MR) is 58.5 cm³/mol. The first-order chi connectivity index (χ1) is 6.47. The Hall–Kier alpha value is -0.610. The fraction of sp³-hybridized carbons (Fsp3) is 0.900. The second kappa shape index (κ2) is 6.79. The first-order valence-electron chi connectivity index (χ1n) is 5.17. The molecule has 84 valence electrons. The van der Waals surface area contributed by atoms with Gasteiger partial charge in [0.2, 0.25) is 5.91 Å². The second-order valence-electron chi connectivity index (χ2n) is 4.28. The maximum absolute atomic E-state index is 11.0. The summed E-state index contributed by atoms with van der Waals surface area (Å²) < 4.78 is 0. The van der Waals surface area contributed by atoms with E-state index in [-0.39, 0.29) is 11.9 Å². The van der Waals surface area contributed by atoms with Gasteiger partial charge in [-0.3, -0.25) is 10.2 Å². The van der Waals surface area contributed by atoms with Crippen LogP contribution in [-0.4, -0.2) is 30.4 Å². The van der Waals surface area contributed by atoms with E-state index in [1.807, 2.05) is 14.0 Å². The molecule has 4 heteroatoms. The van der Waals surface area contributed by atoms with Gasteiger partial charge in [-0.1, -0.05) is 13.8 Å². The van der Waals surface area contributed by atoms with Gasteiger partial charge < -0.3 is 4.90 Å². The lowest BCUT2D eigenvalue weighted by atomic mass is 10.1. The van der Waals surface area contributed by atoms with Crippen molar-refractivity contribution in [2.45, 2.75) is 39.7 Å². The van der Waals surface area contributed by atoms with Crippen LogP contribution in [0.1, 0.15) is 33.6 Å². The van der Waals surface area contributed by atoms with E-state index in [0.717, 1.165) is 13.0 Å². The lowest BCUT2D eigenvalue weighted by Gasteiger charge is -2.24. The summed E-state index contributed by atoms with van der Waals surface area (Å²) in [6.07, 6.45) is 1.62. The molecule has 0 bridgehead atoms. The highest BCUT2D eigenvalue weighted by atomic mass is 16.2. The molecule has 0 heterocycles. The van der Waals surface area contributed by atoms with Crippen LogP contribution in [0.4, 0.5) is 0 Å². The van der Waals surface area contributed by atoms with E-state index in [2.05, 4.69) is 24.2 Å². The molecule has 4 nitrogen and oxygen atoms in total. The normalized spacial score (nSPS) is 13.4. The van der Waals surface area contributed by atoms with Crippen LogP contribution in [0.15, 0.2) is 0 Å². The maximum atomic E-state index is 11.0. The van der Waals surface area contributed by atoms with Gasteiger partial charge >= 0.3 is 0 Å². The number of carbonyl (C=O) groups excluding carboxylic acids is 1. The smallest absolute Gasteiger partial charge is 0.235 e. The maximum Gasteiger partial charge on any atom is 0.235 e. The van der Waals surface area contributed by atoms with Gasteiger partial charge in [0, 0.05) is 12.5 Å². The first kappa shape index (κ1) is 13.4. The zero-order valence-corrected chi connectivity index (χ0v) is 9.71. The Bertz CT molecular complexity index is 171. The minimum absolute atomic E-state index is 0.103. The van der Waals surface area contributed by atoms with Crippen LogP contribution in [0.25, 0.3) is 0 Å². The fourth-order valence-corrected chi connectivity index (χ4v) is 1.17. The van der Waals surface area contributed by atoms with E-state index in [1.54, 1.807) is 0 Å². The molecule has 14 heavy (non-hydrogen) atoms. The number of carbonyl (C=O) groups is 1. The molecule has 0 aliphatic carbocycles. The van der Waals surface area contributed by atoms with Crippen molar-refractivity contribution in [1.82, 2.24) is 10.3 Å². The van der Waals surface area contributed by atoms with Crippen molar-refractivity contribution in [1.29, 1.82) is 0 Å². The molecule has 1 atom stereocenters. The molecule has 0 aliphatic heterocycles. The average molecular weight is 201 g/mol. The summed E-state index contributed by atoms with van der Waals surface area (Å²) in [5.74, 6) is 5.62. The van der Waals surface area contributed by atoms with E-state index in [1.165, 1.54) is 0 Å². The average Bonchev–Trinajstić information content (AvgIpc) is 2.13. The molecular formula is C10H23N3O. The van der Waals surface area contributed by atoms with Crippen LogP contribution >= 0.6 is 0 Å². The summed E-state index contributed by atoms with van der Waals surface area (Å²) in [6.45, 7) is 7.46. The van der Waals surface area contributed by atoms with E-state index in [0.29, 0.717) is 12.3 Å². The van der Waals surface area contributed by atoms with Crippen molar-refractivity contribution >= 4 is 5.91 Å². The summed E-state index contributed by atoms with van der Waals surface area (Å²) in [5, 5.41) is 0. The first-order valence-corrected chi connectivity index (χ1v) is 5.17. The zero-order chi connectivity index (χ0) is 11.1. The Kier molecular flexibility index (Phi) is 6.49. The molecule has 0 aliphatic rings. The van der Waals surface area contributed by atoms with Crippen LogP contribution in [0.2, 0.25) is 0 Å². The Labute approximate surface area is 86.8 Å². The van der Waals surface area contributed by atoms with Crippen molar-refractivity contribution in [3.63, 3.8) is 0 Å². The van der Waals surface area contributed by atoms with Gasteiger partial charge in [-0.2, -0.15) is 0 Å². The summed E-state index contributed by atoms with van der Waals surface area (Å²) in [7, 11) is 2.04. The van der Waals surface area contributed by atoms with Gasteiger partial charge in [0.05, 0.1) is 0 Å². The van der Waals surface area contributed by atoms with E-state index < -0.39 is 0 Å². The van der Waals surface area contributed by atoms with Gasteiger partial charge in [0.25, 0.3) is 0 Å². The lowest BCUT2D eigenvalue weighted by molar-refractivity contribution is -0.122. The summed E-state index contributed by atoms with van der Waals surface area (Å²) in [6, 6.07) is 0.247. The van der Waals surface area contributed by atoms with E-state index in [4.69, 9.17) is 5.84 Å². The Morgan fingerprint density at radius 2 is 2.00 bits per heavy atom. The fourth-order valence-electron chi connectivity index (χ4n) is 1.17. The standard InChI is InChI=1S/C10H23N3O/c1-8(2)5-6-13(4)9(3)7-10(14)12-11/h8-9H,5-7,11H2,1-4H3,(H,12,14). The lowest BCUT2D eigenvalue weighted by Crippen LogP contribution is -2.38. The number of nitrogens with zero attached hydrogens (tertiary/aromatic N) is 1. The number of hydrazine groups is 1. The molecular weight excluding hydrogens is 178 g/mol. The van der Waals surface area contributed by atoms with Crippen LogP contribution in [0.5, 0.6) is 0 Å². The highest BCUT2D eigenvalue weighted by Gasteiger charge is 2.12. The number of hydrogen-bond acceptors (Lipinski definition) is 3. The molecule has 1 unspecified atom stereocenters. The third-order valence-electron chi connectivity index (χ3n) is 2.45. The van der Waals surface area contributed by atoms with E-state index in [9.17, 15) is 4.79 Å². The number of rotatable bonds is 6. The minimum Gasteiger partial charge on any atom is -0.303 e. The van der Waals surface area contributed by atoms with Gasteiger partial charge in [-0.05, 0) is 32.9 Å². The third kappa shape index (κ3) is 5.94. The van der Waals surface area contributed by atoms with Crippen LogP contribution < -0.4 is 11.3 Å². The summed E-state index contributed by atoms with van der Waals surface area (Å²) in [4.78, 5) is 13.2. The van der Waals surface area contributed by atoms with Gasteiger partial charge in [-0.15, -0.1) is 0 Å². The molecule has 0 saturated heterocycles. The van der Waals surface area contributed by atoms with Crippen molar-refractivity contribution in [2.24, 2.45) is 11.8 Å². The van der Waals surface area contributed by atoms with Gasteiger partial charge in [0.1, 0.15) is 0 Å². The van der Waals surface area contributed by atoms with Gasteiger partial charge in [-0.25, -0.2) is 5.84 Å². The molecule has 0 spiro atoms. The highest BCUT2D eigenvalue weighted by Crippen LogP contribution is 2.05. The van der Waals surface area contributed by atoms with Crippen molar-refractivity contribution in [3.05, 3.63) is 0 Å². The van der Waals surface area contributed by atoms with Gasteiger partial charge in [0.15, 0.2) is 0 Å². The van der Waals surface area contributed by atoms with Crippen LogP contribution in [-0.2, 0) is 4.79 Å². The summed E-state index contributed by atoms with van der Waals surface area (Å²) >= 11 is 0. The topological polar surface area (TPSA) is 58.4 Å². The van der Waals surface area contributed by atoms with Crippen molar-refractivity contribution < 1.29 is 4.79 Å². The third-order valence-corrected chi connectivity index (χ3v) is 2.45. The number of nitrogens with one attached hydrogen (secondary N) is 1. The summed E-state index contributed by atoms with van der Waals surface area (Å²) in [5.41, 5.74) is 2.15. The number of hydrogen-bond donors (Lipinski definition) is 2. The zero-order valence-electron chi connectivity index (χ0n) is 9.71. The van der Waals surface area contributed by atoms with Crippen LogP contribution in [0.3, 0.4) is 0 Å². The SMILES string of the molecule is CC(C)CCN(C)C(C)CC(=O)NN. The minimum atomic E-state index is -0.103. The number of amides is 1. The molecule has 1 amide bonds. The van der Waals surface area contributed by atoms with Crippen LogP contribution in [0, 0.1) is 5.92 Å². The molecule has 0 radical (unpaired) electrons. The Morgan fingerprint density at radius 1 is 1.43 bits per heavy atom. The monoisotopic (exact) mass is 201 g/mol. The molecule has 0 aromatic heterocycles. The largest absolute Gasteiger partial charge is 0.303 e. The Balaban J connectivity index is 3.75. The molecule has 0 saturated carbocycles. The molecule has 0 rings (SSSR count).